The molecule has 0 saturated heterocycles. The van der Waals surface area contributed by atoms with Crippen molar-refractivity contribution < 1.29 is 10.0 Å². The predicted molar refractivity (Wildman–Crippen MR) is 108 cm³/mol. The number of hydrogen-bond donors (Lipinski definition) is 2. The van der Waals surface area contributed by atoms with E-state index in [4.69, 9.17) is 40.0 Å². The maximum absolute atomic E-state index is 12.9. The number of carbonyl (C=O) groups excluding carboxylic acids is 1. The largest absolute Gasteiger partial charge is 0.411 e. The minimum atomic E-state index is -0.535. The van der Waals surface area contributed by atoms with Crippen molar-refractivity contribution in [1.29, 1.82) is 0 Å². The average Bonchev–Trinajstić information content (AvgIpc) is 3.00. The number of carbonyl (C=O) groups is 1. The molecule has 27 heavy (non-hydrogen) atoms. The summed E-state index contributed by atoms with van der Waals surface area (Å²) in [4.78, 5) is 17.0. The van der Waals surface area contributed by atoms with Crippen molar-refractivity contribution >= 4 is 68.5 Å². The average molecular weight is 490 g/mol. The maximum atomic E-state index is 12.9. The summed E-state index contributed by atoms with van der Waals surface area (Å²) in [5.41, 5.74) is 0.699. The van der Waals surface area contributed by atoms with E-state index in [0.29, 0.717) is 20.2 Å². The lowest BCUT2D eigenvalue weighted by atomic mass is 10.2. The molecule has 0 unspecified atom stereocenters. The van der Waals surface area contributed by atoms with Crippen LogP contribution < -0.4 is 5.32 Å². The molecule has 0 radical (unpaired) electrons. The number of hydrogen-bond acceptors (Lipinski definition) is 5. The molecule has 3 aromatic rings. The van der Waals surface area contributed by atoms with Gasteiger partial charge < -0.3 is 10.5 Å². The number of nitrogens with one attached hydrogen (secondary N) is 1. The monoisotopic (exact) mass is 487 g/mol. The van der Waals surface area contributed by atoms with Crippen LogP contribution in [0.1, 0.15) is 16.1 Å². The smallest absolute Gasteiger partial charge is 0.274 e. The normalized spacial score (nSPS) is 11.1. The van der Waals surface area contributed by atoms with Gasteiger partial charge in [-0.15, -0.1) is 0 Å². The SMILES string of the molecule is O=C(Nc1c(Cl)cc(Cl)cc1/C=N/O)c1cc(Br)nn1-c1ncccc1Cl. The van der Waals surface area contributed by atoms with Crippen molar-refractivity contribution in [3.63, 3.8) is 0 Å². The molecule has 11 heteroatoms. The summed E-state index contributed by atoms with van der Waals surface area (Å²) < 4.78 is 1.71. The van der Waals surface area contributed by atoms with Gasteiger partial charge in [-0.05, 0) is 40.2 Å². The first-order valence-electron chi connectivity index (χ1n) is 7.25. The Morgan fingerprint density at radius 1 is 1.26 bits per heavy atom. The van der Waals surface area contributed by atoms with Crippen LogP contribution >= 0.6 is 50.7 Å². The highest BCUT2D eigenvalue weighted by molar-refractivity contribution is 9.10. The quantitative estimate of drug-likeness (QED) is 0.305. The van der Waals surface area contributed by atoms with E-state index < -0.39 is 5.91 Å². The lowest BCUT2D eigenvalue weighted by Gasteiger charge is -2.12. The molecule has 0 aliphatic carbocycles. The molecule has 1 amide bonds. The predicted octanol–water partition coefficient (Wildman–Crippen LogP) is 5.05. The fourth-order valence-electron chi connectivity index (χ4n) is 2.28. The second kappa shape index (κ2) is 8.26. The van der Waals surface area contributed by atoms with Gasteiger partial charge >= 0.3 is 0 Å². The number of pyridine rings is 1. The van der Waals surface area contributed by atoms with Gasteiger partial charge in [-0.2, -0.15) is 5.10 Å². The van der Waals surface area contributed by atoms with Crippen molar-refractivity contribution in [2.24, 2.45) is 5.16 Å². The van der Waals surface area contributed by atoms with Gasteiger partial charge in [0.15, 0.2) is 5.82 Å². The van der Waals surface area contributed by atoms with Gasteiger partial charge in [-0.25, -0.2) is 9.67 Å². The van der Waals surface area contributed by atoms with E-state index in [1.165, 1.54) is 29.1 Å². The molecule has 7 nitrogen and oxygen atoms in total. The number of amides is 1. The molecule has 3 rings (SSSR count). The van der Waals surface area contributed by atoms with Gasteiger partial charge in [-0.1, -0.05) is 40.0 Å². The fourth-order valence-corrected chi connectivity index (χ4v) is 3.41. The zero-order valence-electron chi connectivity index (χ0n) is 13.2. The number of benzene rings is 1. The molecule has 0 atom stereocenters. The Kier molecular flexibility index (Phi) is 6.01. The van der Waals surface area contributed by atoms with Gasteiger partial charge in [0.1, 0.15) is 10.3 Å². The number of oxime groups is 1. The van der Waals surface area contributed by atoms with Gasteiger partial charge in [0.2, 0.25) is 0 Å². The summed E-state index contributed by atoms with van der Waals surface area (Å²) in [6.07, 6.45) is 2.64. The lowest BCUT2D eigenvalue weighted by Crippen LogP contribution is -2.19. The van der Waals surface area contributed by atoms with Crippen LogP contribution in [-0.4, -0.2) is 32.1 Å². The van der Waals surface area contributed by atoms with Crippen LogP contribution in [0.2, 0.25) is 15.1 Å². The van der Waals surface area contributed by atoms with E-state index in [0.717, 1.165) is 6.21 Å². The lowest BCUT2D eigenvalue weighted by molar-refractivity contribution is 0.101. The Balaban J connectivity index is 2.03. The fraction of sp³-hybridized carbons (Fsp3) is 0. The summed E-state index contributed by atoms with van der Waals surface area (Å²) in [6.45, 7) is 0. The third-order valence-electron chi connectivity index (χ3n) is 3.37. The van der Waals surface area contributed by atoms with E-state index >= 15 is 0 Å². The second-order valence-corrected chi connectivity index (χ2v) is 7.19. The van der Waals surface area contributed by atoms with Crippen molar-refractivity contribution in [2.45, 2.75) is 0 Å². The molecule has 0 bridgehead atoms. The van der Waals surface area contributed by atoms with Crippen molar-refractivity contribution in [1.82, 2.24) is 14.8 Å². The first-order chi connectivity index (χ1) is 12.9. The molecule has 2 heterocycles. The van der Waals surface area contributed by atoms with E-state index in [2.05, 4.69) is 36.5 Å². The minimum Gasteiger partial charge on any atom is -0.411 e. The van der Waals surface area contributed by atoms with Crippen molar-refractivity contribution in [2.75, 3.05) is 5.32 Å². The summed E-state index contributed by atoms with van der Waals surface area (Å²) >= 11 is 21.5. The Hall–Kier alpha value is -2.13. The number of aromatic nitrogens is 3. The van der Waals surface area contributed by atoms with Crippen LogP contribution in [0.3, 0.4) is 0 Å². The van der Waals surface area contributed by atoms with Crippen LogP contribution in [-0.2, 0) is 0 Å². The maximum Gasteiger partial charge on any atom is 0.274 e. The van der Waals surface area contributed by atoms with Crippen LogP contribution in [0.4, 0.5) is 5.69 Å². The zero-order valence-corrected chi connectivity index (χ0v) is 17.1. The van der Waals surface area contributed by atoms with Gasteiger partial charge in [0, 0.05) is 22.8 Å². The molecule has 0 fully saturated rings. The Morgan fingerprint density at radius 2 is 2.04 bits per heavy atom. The second-order valence-electron chi connectivity index (χ2n) is 5.12. The van der Waals surface area contributed by atoms with E-state index in [-0.39, 0.29) is 22.2 Å². The van der Waals surface area contributed by atoms with Gasteiger partial charge in [0.05, 0.1) is 21.9 Å². The molecule has 0 aliphatic rings. The molecule has 0 spiro atoms. The van der Waals surface area contributed by atoms with E-state index in [1.54, 1.807) is 12.1 Å². The highest BCUT2D eigenvalue weighted by atomic mass is 79.9. The molecule has 2 aromatic heterocycles. The summed E-state index contributed by atoms with van der Waals surface area (Å²) in [5, 5.41) is 19.5. The first-order valence-corrected chi connectivity index (χ1v) is 9.17. The number of rotatable bonds is 4. The van der Waals surface area contributed by atoms with Crippen molar-refractivity contribution in [3.8, 4) is 5.82 Å². The van der Waals surface area contributed by atoms with Crippen LogP contribution in [0.25, 0.3) is 5.82 Å². The van der Waals surface area contributed by atoms with Crippen LogP contribution in [0.15, 0.2) is 46.3 Å². The molecule has 2 N–H and O–H groups in total. The Bertz CT molecular complexity index is 1050. The summed E-state index contributed by atoms with van der Waals surface area (Å²) in [6, 6.07) is 7.75. The number of nitrogens with zero attached hydrogens (tertiary/aromatic N) is 4. The Labute approximate surface area is 176 Å². The summed E-state index contributed by atoms with van der Waals surface area (Å²) in [5.74, 6) is -0.249. The molecular weight excluding hydrogens is 480 g/mol. The van der Waals surface area contributed by atoms with E-state index in [9.17, 15) is 4.79 Å². The minimum absolute atomic E-state index is 0.153. The summed E-state index contributed by atoms with van der Waals surface area (Å²) in [7, 11) is 0. The third-order valence-corrected chi connectivity index (χ3v) is 4.57. The highest BCUT2D eigenvalue weighted by Crippen LogP contribution is 2.30. The van der Waals surface area contributed by atoms with Crippen LogP contribution in [0, 0.1) is 0 Å². The molecule has 1 aromatic carbocycles. The standard InChI is InChI=1S/C16H9BrCl3N5O2/c17-13-6-12(25(24-13)15-10(19)2-1-3-21-15)16(26)23-14-8(7-22-27)4-9(18)5-11(14)20/h1-7,27H,(H,23,26)/b22-7+. The number of halogens is 4. The molecule has 0 saturated carbocycles. The number of anilines is 1. The van der Waals surface area contributed by atoms with Gasteiger partial charge in [-0.3, -0.25) is 4.79 Å². The Morgan fingerprint density at radius 3 is 2.74 bits per heavy atom. The topological polar surface area (TPSA) is 92.4 Å². The van der Waals surface area contributed by atoms with E-state index in [1.807, 2.05) is 0 Å². The first kappa shape index (κ1) is 19.6. The van der Waals surface area contributed by atoms with Gasteiger partial charge in [0.25, 0.3) is 5.91 Å². The molecule has 0 aliphatic heterocycles. The third kappa shape index (κ3) is 4.24. The molecular formula is C16H9BrCl3N5O2. The zero-order chi connectivity index (χ0) is 19.6. The molecule has 138 valence electrons. The highest BCUT2D eigenvalue weighted by Gasteiger charge is 2.20. The van der Waals surface area contributed by atoms with Crippen molar-refractivity contribution in [3.05, 3.63) is 67.5 Å². The van der Waals surface area contributed by atoms with Crippen LogP contribution in [0.5, 0.6) is 0 Å².